The molecule has 0 aromatic heterocycles. The Hall–Kier alpha value is -1.71. The Balaban J connectivity index is 2.38. The fraction of sp³-hybridized carbons (Fsp3) is 0.417. The van der Waals surface area contributed by atoms with Crippen LogP contribution >= 0.6 is 0 Å². The Morgan fingerprint density at radius 1 is 1.19 bits per heavy atom. The van der Waals surface area contributed by atoms with Gasteiger partial charge in [0.15, 0.2) is 0 Å². The van der Waals surface area contributed by atoms with E-state index in [1.54, 1.807) is 12.1 Å². The van der Waals surface area contributed by atoms with Gasteiger partial charge in [-0.1, -0.05) is 6.07 Å². The lowest BCUT2D eigenvalue weighted by atomic mass is 10.1. The van der Waals surface area contributed by atoms with Crippen molar-refractivity contribution in [1.29, 1.82) is 0 Å². The van der Waals surface area contributed by atoms with Gasteiger partial charge in [-0.05, 0) is 31.4 Å². The summed E-state index contributed by atoms with van der Waals surface area (Å²) in [6.07, 6.45) is 3.35. The number of nitrogens with zero attached hydrogens (tertiary/aromatic N) is 1. The van der Waals surface area contributed by atoms with Gasteiger partial charge in [0.05, 0.1) is 5.69 Å². The number of rotatable bonds is 2. The van der Waals surface area contributed by atoms with Gasteiger partial charge in [-0.25, -0.2) is 4.79 Å². The highest BCUT2D eigenvalue weighted by molar-refractivity contribution is 5.97. The lowest BCUT2D eigenvalue weighted by Gasteiger charge is -2.30. The van der Waals surface area contributed by atoms with Crippen LogP contribution in [-0.2, 0) is 0 Å². The van der Waals surface area contributed by atoms with E-state index in [2.05, 4.69) is 0 Å². The van der Waals surface area contributed by atoms with Gasteiger partial charge in [0.25, 0.3) is 0 Å². The highest BCUT2D eigenvalue weighted by Gasteiger charge is 2.20. The first-order chi connectivity index (χ1) is 7.70. The lowest BCUT2D eigenvalue weighted by molar-refractivity contribution is 0.0694. The maximum Gasteiger partial charge on any atom is 0.341 e. The van der Waals surface area contributed by atoms with E-state index in [4.69, 9.17) is 5.11 Å². The van der Waals surface area contributed by atoms with Crippen molar-refractivity contribution in [3.8, 4) is 5.75 Å². The predicted octanol–water partition coefficient (Wildman–Crippen LogP) is 2.08. The molecule has 4 heteroatoms. The third kappa shape index (κ3) is 1.96. The van der Waals surface area contributed by atoms with E-state index < -0.39 is 5.97 Å². The second-order valence-corrected chi connectivity index (χ2v) is 4.02. The van der Waals surface area contributed by atoms with Gasteiger partial charge in [-0.3, -0.25) is 0 Å². The highest BCUT2D eigenvalue weighted by atomic mass is 16.4. The fourth-order valence-electron chi connectivity index (χ4n) is 2.15. The van der Waals surface area contributed by atoms with Crippen LogP contribution in [0.5, 0.6) is 5.75 Å². The number of carbonyl (C=O) groups is 1. The monoisotopic (exact) mass is 221 g/mol. The normalized spacial score (nSPS) is 16.1. The van der Waals surface area contributed by atoms with E-state index in [-0.39, 0.29) is 11.3 Å². The van der Waals surface area contributed by atoms with Crippen LogP contribution in [0.1, 0.15) is 29.6 Å². The Labute approximate surface area is 94.1 Å². The summed E-state index contributed by atoms with van der Waals surface area (Å²) < 4.78 is 0. The Morgan fingerprint density at radius 2 is 1.88 bits per heavy atom. The number of aromatic carboxylic acids is 1. The molecular formula is C12H15NO3. The van der Waals surface area contributed by atoms with Crippen molar-refractivity contribution < 1.29 is 15.0 Å². The summed E-state index contributed by atoms with van der Waals surface area (Å²) >= 11 is 0. The minimum Gasteiger partial charge on any atom is -0.507 e. The van der Waals surface area contributed by atoms with Crippen LogP contribution in [0.4, 0.5) is 5.69 Å². The molecule has 1 aliphatic heterocycles. The van der Waals surface area contributed by atoms with Gasteiger partial charge >= 0.3 is 5.97 Å². The van der Waals surface area contributed by atoms with Crippen molar-refractivity contribution in [2.24, 2.45) is 0 Å². The van der Waals surface area contributed by atoms with E-state index in [0.29, 0.717) is 5.69 Å². The largest absolute Gasteiger partial charge is 0.507 e. The first kappa shape index (κ1) is 10.8. The quantitative estimate of drug-likeness (QED) is 0.802. The van der Waals surface area contributed by atoms with Crippen LogP contribution in [0.25, 0.3) is 0 Å². The third-order valence-electron chi connectivity index (χ3n) is 2.93. The van der Waals surface area contributed by atoms with Crippen molar-refractivity contribution in [2.75, 3.05) is 18.0 Å². The smallest absolute Gasteiger partial charge is 0.341 e. The minimum absolute atomic E-state index is 0.0180. The summed E-state index contributed by atoms with van der Waals surface area (Å²) in [5, 5.41) is 18.7. The number of hydrogen-bond donors (Lipinski definition) is 2. The zero-order valence-corrected chi connectivity index (χ0v) is 9.02. The summed E-state index contributed by atoms with van der Waals surface area (Å²) in [6, 6.07) is 4.86. The molecule has 4 nitrogen and oxygen atoms in total. The number of hydrogen-bond acceptors (Lipinski definition) is 3. The Morgan fingerprint density at radius 3 is 2.50 bits per heavy atom. The molecule has 1 fully saturated rings. The molecule has 0 bridgehead atoms. The van der Waals surface area contributed by atoms with E-state index in [0.717, 1.165) is 25.9 Å². The summed E-state index contributed by atoms with van der Waals surface area (Å²) in [7, 11) is 0. The number of carboxylic acid groups (broad SMARTS) is 1. The van der Waals surface area contributed by atoms with E-state index in [1.165, 1.54) is 12.5 Å². The molecule has 0 aliphatic carbocycles. The van der Waals surface area contributed by atoms with Gasteiger partial charge in [-0.2, -0.15) is 0 Å². The molecule has 0 unspecified atom stereocenters. The molecule has 0 atom stereocenters. The van der Waals surface area contributed by atoms with Crippen LogP contribution < -0.4 is 4.90 Å². The molecule has 86 valence electrons. The van der Waals surface area contributed by atoms with Gasteiger partial charge < -0.3 is 15.1 Å². The van der Waals surface area contributed by atoms with E-state index in [9.17, 15) is 9.90 Å². The molecule has 16 heavy (non-hydrogen) atoms. The van der Waals surface area contributed by atoms with Crippen LogP contribution in [0.3, 0.4) is 0 Å². The summed E-state index contributed by atoms with van der Waals surface area (Å²) in [4.78, 5) is 13.1. The number of anilines is 1. The Bertz CT molecular complexity index is 397. The van der Waals surface area contributed by atoms with Crippen molar-refractivity contribution >= 4 is 11.7 Å². The van der Waals surface area contributed by atoms with Gasteiger partial charge in [0, 0.05) is 13.1 Å². The topological polar surface area (TPSA) is 60.8 Å². The van der Waals surface area contributed by atoms with Crippen molar-refractivity contribution in [3.05, 3.63) is 23.8 Å². The molecule has 0 saturated carbocycles. The first-order valence-corrected chi connectivity index (χ1v) is 5.50. The van der Waals surface area contributed by atoms with Crippen molar-refractivity contribution in [3.63, 3.8) is 0 Å². The molecule has 1 aromatic rings. The molecule has 0 spiro atoms. The molecule has 0 radical (unpaired) electrons. The summed E-state index contributed by atoms with van der Waals surface area (Å²) in [6.45, 7) is 1.73. The van der Waals surface area contributed by atoms with Crippen LogP contribution in [0.15, 0.2) is 18.2 Å². The van der Waals surface area contributed by atoms with Crippen LogP contribution in [0.2, 0.25) is 0 Å². The zero-order valence-electron chi connectivity index (χ0n) is 9.02. The number of aromatic hydroxyl groups is 1. The molecule has 2 N–H and O–H groups in total. The molecule has 0 amide bonds. The Kier molecular flexibility index (Phi) is 2.99. The molecule has 1 aromatic carbocycles. The lowest BCUT2D eigenvalue weighted by Crippen LogP contribution is -2.30. The first-order valence-electron chi connectivity index (χ1n) is 5.50. The second kappa shape index (κ2) is 4.43. The molecule has 1 saturated heterocycles. The van der Waals surface area contributed by atoms with Crippen molar-refractivity contribution in [2.45, 2.75) is 19.3 Å². The maximum atomic E-state index is 11.1. The van der Waals surface area contributed by atoms with Gasteiger partial charge in [0.2, 0.25) is 0 Å². The fourth-order valence-corrected chi connectivity index (χ4v) is 2.15. The number of carboxylic acids is 1. The van der Waals surface area contributed by atoms with Gasteiger partial charge in [-0.15, -0.1) is 0 Å². The molecule has 1 heterocycles. The average molecular weight is 221 g/mol. The summed E-state index contributed by atoms with van der Waals surface area (Å²) in [5.41, 5.74) is 0.650. The zero-order chi connectivity index (χ0) is 11.5. The maximum absolute atomic E-state index is 11.1. The van der Waals surface area contributed by atoms with E-state index in [1.807, 2.05) is 4.90 Å². The van der Waals surface area contributed by atoms with E-state index >= 15 is 0 Å². The number of piperidine rings is 1. The standard InChI is InChI=1S/C12H15NO3/c14-10-6-4-5-9(11(10)12(15)16)13-7-2-1-3-8-13/h4-6,14H,1-3,7-8H2,(H,15,16). The number of phenols is 1. The molecular weight excluding hydrogens is 206 g/mol. The van der Waals surface area contributed by atoms with Crippen LogP contribution in [0, 0.1) is 0 Å². The molecule has 2 rings (SSSR count). The SMILES string of the molecule is O=C(O)c1c(O)cccc1N1CCCCC1. The predicted molar refractivity (Wildman–Crippen MR) is 61.1 cm³/mol. The third-order valence-corrected chi connectivity index (χ3v) is 2.93. The van der Waals surface area contributed by atoms with Crippen LogP contribution in [-0.4, -0.2) is 29.3 Å². The average Bonchev–Trinajstić information content (AvgIpc) is 2.29. The highest BCUT2D eigenvalue weighted by Crippen LogP contribution is 2.30. The minimum atomic E-state index is -1.07. The number of benzene rings is 1. The summed E-state index contributed by atoms with van der Waals surface area (Å²) in [5.74, 6) is -1.23. The van der Waals surface area contributed by atoms with Crippen molar-refractivity contribution in [1.82, 2.24) is 0 Å². The second-order valence-electron chi connectivity index (χ2n) is 4.02. The van der Waals surface area contributed by atoms with Gasteiger partial charge in [0.1, 0.15) is 11.3 Å². The molecule has 1 aliphatic rings.